The Hall–Kier alpha value is -0.960. The van der Waals surface area contributed by atoms with Crippen LogP contribution in [-0.2, 0) is 0 Å². The maximum Gasteiger partial charge on any atom is 0.126 e. The molecular weight excluding hydrogens is 256 g/mol. The maximum atomic E-state index is 13.5. The predicted molar refractivity (Wildman–Crippen MR) is 78.4 cm³/mol. The van der Waals surface area contributed by atoms with E-state index in [1.54, 1.807) is 0 Å². The molecule has 0 spiro atoms. The summed E-state index contributed by atoms with van der Waals surface area (Å²) in [4.78, 5) is 0. The van der Waals surface area contributed by atoms with Gasteiger partial charge in [-0.2, -0.15) is 0 Å². The molecule has 1 nitrogen and oxygen atoms in total. The average Bonchev–Trinajstić information content (AvgIpc) is 2.33. The van der Waals surface area contributed by atoms with Gasteiger partial charge in [-0.25, -0.2) is 8.78 Å². The van der Waals surface area contributed by atoms with Crippen molar-refractivity contribution in [1.29, 1.82) is 0 Å². The fourth-order valence-corrected chi connectivity index (χ4v) is 3.81. The van der Waals surface area contributed by atoms with E-state index in [1.807, 2.05) is 6.92 Å². The second kappa shape index (κ2) is 6.66. The Morgan fingerprint density at radius 2 is 1.60 bits per heavy atom. The summed E-state index contributed by atoms with van der Waals surface area (Å²) < 4.78 is 27.0. The molecule has 112 valence electrons. The zero-order valence-corrected chi connectivity index (χ0v) is 12.6. The Kier molecular flexibility index (Phi) is 5.14. The highest BCUT2D eigenvalue weighted by atomic mass is 19.1. The van der Waals surface area contributed by atoms with Crippen LogP contribution in [-0.4, -0.2) is 6.54 Å². The summed E-state index contributed by atoms with van der Waals surface area (Å²) >= 11 is 0. The lowest BCUT2D eigenvalue weighted by atomic mass is 9.72. The SMILES string of the molecule is CCNC(c1cc(F)cc(F)c1)C1CC(C)CC(C)C1. The van der Waals surface area contributed by atoms with Crippen molar-refractivity contribution in [3.63, 3.8) is 0 Å². The van der Waals surface area contributed by atoms with Gasteiger partial charge in [0.1, 0.15) is 11.6 Å². The van der Waals surface area contributed by atoms with Gasteiger partial charge in [0, 0.05) is 12.1 Å². The summed E-state index contributed by atoms with van der Waals surface area (Å²) in [7, 11) is 0. The van der Waals surface area contributed by atoms with E-state index >= 15 is 0 Å². The molecule has 3 heteroatoms. The van der Waals surface area contributed by atoms with Crippen molar-refractivity contribution in [2.75, 3.05) is 6.54 Å². The van der Waals surface area contributed by atoms with E-state index in [2.05, 4.69) is 19.2 Å². The number of hydrogen-bond donors (Lipinski definition) is 1. The van der Waals surface area contributed by atoms with Gasteiger partial charge in [0.25, 0.3) is 0 Å². The van der Waals surface area contributed by atoms with Gasteiger partial charge in [-0.1, -0.05) is 20.8 Å². The third kappa shape index (κ3) is 3.78. The standard InChI is InChI=1S/C17H25F2N/c1-4-20-17(13-6-11(2)5-12(3)7-13)14-8-15(18)10-16(19)9-14/h8-13,17,20H,4-7H2,1-3H3. The molecule has 1 fully saturated rings. The van der Waals surface area contributed by atoms with E-state index in [1.165, 1.54) is 18.6 Å². The topological polar surface area (TPSA) is 12.0 Å². The van der Waals surface area contributed by atoms with Crippen LogP contribution in [0.15, 0.2) is 18.2 Å². The van der Waals surface area contributed by atoms with Crippen molar-refractivity contribution >= 4 is 0 Å². The molecule has 3 unspecified atom stereocenters. The Bertz CT molecular complexity index is 416. The number of halogens is 2. The van der Waals surface area contributed by atoms with E-state index in [0.717, 1.165) is 31.0 Å². The lowest BCUT2D eigenvalue weighted by Gasteiger charge is -2.37. The monoisotopic (exact) mass is 281 g/mol. The lowest BCUT2D eigenvalue weighted by molar-refractivity contribution is 0.177. The highest BCUT2D eigenvalue weighted by Gasteiger charge is 2.30. The van der Waals surface area contributed by atoms with E-state index in [4.69, 9.17) is 0 Å². The van der Waals surface area contributed by atoms with Gasteiger partial charge in [0.2, 0.25) is 0 Å². The van der Waals surface area contributed by atoms with Crippen LogP contribution < -0.4 is 5.32 Å². The smallest absolute Gasteiger partial charge is 0.126 e. The normalized spacial score (nSPS) is 28.4. The second-order valence-corrected chi connectivity index (χ2v) is 6.42. The van der Waals surface area contributed by atoms with Crippen LogP contribution >= 0.6 is 0 Å². The van der Waals surface area contributed by atoms with Crippen molar-refractivity contribution in [1.82, 2.24) is 5.32 Å². The number of hydrogen-bond acceptors (Lipinski definition) is 1. The van der Waals surface area contributed by atoms with Gasteiger partial charge in [0.15, 0.2) is 0 Å². The Morgan fingerprint density at radius 3 is 2.10 bits per heavy atom. The van der Waals surface area contributed by atoms with E-state index in [-0.39, 0.29) is 6.04 Å². The van der Waals surface area contributed by atoms with Crippen molar-refractivity contribution in [3.05, 3.63) is 35.4 Å². The molecule has 1 aromatic rings. The van der Waals surface area contributed by atoms with Gasteiger partial charge in [-0.15, -0.1) is 0 Å². The van der Waals surface area contributed by atoms with E-state index in [9.17, 15) is 8.78 Å². The van der Waals surface area contributed by atoms with Crippen molar-refractivity contribution < 1.29 is 8.78 Å². The number of rotatable bonds is 4. The fraction of sp³-hybridized carbons (Fsp3) is 0.647. The third-order valence-corrected chi connectivity index (χ3v) is 4.35. The first-order valence-corrected chi connectivity index (χ1v) is 7.69. The van der Waals surface area contributed by atoms with E-state index in [0.29, 0.717) is 17.8 Å². The van der Waals surface area contributed by atoms with E-state index < -0.39 is 11.6 Å². The van der Waals surface area contributed by atoms with Crippen LogP contribution in [0.25, 0.3) is 0 Å². The molecule has 1 aliphatic carbocycles. The minimum absolute atomic E-state index is 0.0513. The molecule has 20 heavy (non-hydrogen) atoms. The van der Waals surface area contributed by atoms with Crippen LogP contribution in [0.2, 0.25) is 0 Å². The van der Waals surface area contributed by atoms with Crippen molar-refractivity contribution in [3.8, 4) is 0 Å². The Labute approximate surface area is 120 Å². The molecule has 1 N–H and O–H groups in total. The first-order chi connectivity index (χ1) is 9.49. The highest BCUT2D eigenvalue weighted by molar-refractivity contribution is 5.22. The first kappa shape index (κ1) is 15.4. The summed E-state index contributed by atoms with van der Waals surface area (Å²) in [6.45, 7) is 7.40. The fourth-order valence-electron chi connectivity index (χ4n) is 3.81. The molecule has 0 bridgehead atoms. The van der Waals surface area contributed by atoms with Gasteiger partial charge >= 0.3 is 0 Å². The lowest BCUT2D eigenvalue weighted by Crippen LogP contribution is -2.33. The second-order valence-electron chi connectivity index (χ2n) is 6.42. The molecule has 1 saturated carbocycles. The summed E-state index contributed by atoms with van der Waals surface area (Å²) in [5, 5.41) is 3.43. The minimum atomic E-state index is -0.486. The highest BCUT2D eigenvalue weighted by Crippen LogP contribution is 2.40. The van der Waals surface area contributed by atoms with Crippen LogP contribution in [0.1, 0.15) is 51.6 Å². The van der Waals surface area contributed by atoms with Crippen LogP contribution in [0.5, 0.6) is 0 Å². The molecule has 1 aromatic carbocycles. The molecule has 2 rings (SSSR count). The summed E-state index contributed by atoms with van der Waals surface area (Å²) in [5.41, 5.74) is 0.746. The van der Waals surface area contributed by atoms with Crippen LogP contribution in [0.4, 0.5) is 8.78 Å². The molecule has 0 radical (unpaired) electrons. The zero-order chi connectivity index (χ0) is 14.7. The van der Waals surface area contributed by atoms with Gasteiger partial charge in [0.05, 0.1) is 0 Å². The Balaban J connectivity index is 2.25. The van der Waals surface area contributed by atoms with Crippen molar-refractivity contribution in [2.45, 2.75) is 46.1 Å². The Morgan fingerprint density at radius 1 is 1.05 bits per heavy atom. The predicted octanol–water partition coefficient (Wildman–Crippen LogP) is 4.69. The maximum absolute atomic E-state index is 13.5. The van der Waals surface area contributed by atoms with Crippen LogP contribution in [0, 0.1) is 29.4 Å². The number of nitrogens with one attached hydrogen (secondary N) is 1. The quantitative estimate of drug-likeness (QED) is 0.844. The first-order valence-electron chi connectivity index (χ1n) is 7.69. The van der Waals surface area contributed by atoms with Gasteiger partial charge in [-0.05, 0) is 61.3 Å². The zero-order valence-electron chi connectivity index (χ0n) is 12.6. The minimum Gasteiger partial charge on any atom is -0.310 e. The molecule has 1 aliphatic rings. The largest absolute Gasteiger partial charge is 0.310 e. The molecule has 0 heterocycles. The summed E-state index contributed by atoms with van der Waals surface area (Å²) in [6.07, 6.45) is 3.51. The molecule has 0 aromatic heterocycles. The van der Waals surface area contributed by atoms with Crippen LogP contribution in [0.3, 0.4) is 0 Å². The molecular formula is C17H25F2N. The number of benzene rings is 1. The van der Waals surface area contributed by atoms with Gasteiger partial charge in [-0.3, -0.25) is 0 Å². The van der Waals surface area contributed by atoms with Crippen molar-refractivity contribution in [2.24, 2.45) is 17.8 Å². The molecule has 0 amide bonds. The molecule has 0 saturated heterocycles. The third-order valence-electron chi connectivity index (χ3n) is 4.35. The molecule has 0 aliphatic heterocycles. The summed E-state index contributed by atoms with van der Waals surface area (Å²) in [5.74, 6) is 0.848. The van der Waals surface area contributed by atoms with Gasteiger partial charge < -0.3 is 5.32 Å². The molecule has 3 atom stereocenters. The summed E-state index contributed by atoms with van der Waals surface area (Å²) in [6, 6.07) is 3.94. The average molecular weight is 281 g/mol.